The number of pyridine rings is 1. The van der Waals surface area contributed by atoms with Crippen molar-refractivity contribution < 1.29 is 28.6 Å². The van der Waals surface area contributed by atoms with Crippen molar-refractivity contribution in [3.63, 3.8) is 0 Å². The van der Waals surface area contributed by atoms with Gasteiger partial charge >= 0.3 is 0 Å². The number of piperidine rings is 1. The van der Waals surface area contributed by atoms with Gasteiger partial charge in [0, 0.05) is 49.6 Å². The lowest BCUT2D eigenvalue weighted by Gasteiger charge is -2.39. The van der Waals surface area contributed by atoms with Crippen molar-refractivity contribution >= 4 is 17.7 Å². The fraction of sp³-hybridized carbons (Fsp3) is 0.235. The summed E-state index contributed by atoms with van der Waals surface area (Å²) >= 11 is 0. The van der Waals surface area contributed by atoms with E-state index in [0.717, 1.165) is 11.1 Å². The van der Waals surface area contributed by atoms with Crippen LogP contribution in [0.1, 0.15) is 32.7 Å². The molecule has 44 heavy (non-hydrogen) atoms. The molecule has 0 aliphatic carbocycles. The van der Waals surface area contributed by atoms with Crippen LogP contribution in [0.15, 0.2) is 91.3 Å². The lowest BCUT2D eigenvalue weighted by Crippen LogP contribution is -2.58. The standard InChI is InChI=1S/C34H32N4O6/c1-42-30-12-9-24-17-28(30)23-4-2-6-27(16-23)43-21-32(39)36-18-22-7-10-26(11-8-22)44-31-13-15-38(20-29(31)37-33(24)40)34(41)25-5-3-14-35-19-25/h2-12,14,16-17,19,29,31H,13,15,18,20-21H2,1H3,(H,36,39)(H,37,40)/t29-,31-/m1/s1. The summed E-state index contributed by atoms with van der Waals surface area (Å²) in [5.74, 6) is 0.994. The van der Waals surface area contributed by atoms with Crippen LogP contribution in [0, 0.1) is 0 Å². The van der Waals surface area contributed by atoms with E-state index in [9.17, 15) is 14.4 Å². The maximum absolute atomic E-state index is 13.7. The second kappa shape index (κ2) is 12.9. The van der Waals surface area contributed by atoms with Crippen LogP contribution in [0.2, 0.25) is 0 Å². The number of likely N-dealkylation sites (tertiary alicyclic amines) is 1. The quantitative estimate of drug-likeness (QED) is 0.363. The van der Waals surface area contributed by atoms with Gasteiger partial charge in [0.1, 0.15) is 23.4 Å². The van der Waals surface area contributed by atoms with Gasteiger partial charge in [-0.05, 0) is 65.7 Å². The molecule has 6 bridgehead atoms. The van der Waals surface area contributed by atoms with Gasteiger partial charge in [-0.15, -0.1) is 0 Å². The summed E-state index contributed by atoms with van der Waals surface area (Å²) in [4.78, 5) is 45.4. The van der Waals surface area contributed by atoms with Crippen molar-refractivity contribution in [1.82, 2.24) is 20.5 Å². The first-order valence-corrected chi connectivity index (χ1v) is 14.4. The number of nitrogens with zero attached hydrogens (tertiary/aromatic N) is 2. The third kappa shape index (κ3) is 6.49. The smallest absolute Gasteiger partial charge is 0.258 e. The molecule has 3 amide bonds. The van der Waals surface area contributed by atoms with Crippen molar-refractivity contribution in [2.24, 2.45) is 0 Å². The molecule has 4 aromatic rings. The number of nitrogens with one attached hydrogen (secondary N) is 2. The van der Waals surface area contributed by atoms with Crippen molar-refractivity contribution in [3.8, 4) is 28.4 Å². The van der Waals surface area contributed by atoms with Gasteiger partial charge in [-0.2, -0.15) is 0 Å². The summed E-state index contributed by atoms with van der Waals surface area (Å²) in [5.41, 5.74) is 3.25. The Kier molecular flexibility index (Phi) is 8.40. The van der Waals surface area contributed by atoms with Gasteiger partial charge in [0.05, 0.1) is 18.7 Å². The van der Waals surface area contributed by atoms with E-state index >= 15 is 0 Å². The highest BCUT2D eigenvalue weighted by Crippen LogP contribution is 2.33. The minimum Gasteiger partial charge on any atom is -0.496 e. The molecule has 1 fully saturated rings. The zero-order valence-corrected chi connectivity index (χ0v) is 24.2. The molecule has 0 unspecified atom stereocenters. The molecule has 2 N–H and O–H groups in total. The first kappa shape index (κ1) is 28.7. The minimum atomic E-state index is -0.497. The Labute approximate surface area is 255 Å². The number of carbonyl (C=O) groups excluding carboxylic acids is 3. The third-order valence-electron chi connectivity index (χ3n) is 7.74. The van der Waals surface area contributed by atoms with Crippen molar-refractivity contribution in [2.75, 3.05) is 26.8 Å². The molecule has 224 valence electrons. The molecule has 1 saturated heterocycles. The van der Waals surface area contributed by atoms with E-state index in [1.807, 2.05) is 36.4 Å². The van der Waals surface area contributed by atoms with Crippen LogP contribution in [-0.4, -0.2) is 66.6 Å². The van der Waals surface area contributed by atoms with E-state index in [-0.39, 0.29) is 37.0 Å². The number of hydrogen-bond acceptors (Lipinski definition) is 7. The Morgan fingerprint density at radius 3 is 2.64 bits per heavy atom. The summed E-state index contributed by atoms with van der Waals surface area (Å²) in [6.45, 7) is 0.907. The molecule has 0 spiro atoms. The van der Waals surface area contributed by atoms with Gasteiger partial charge in [0.25, 0.3) is 17.7 Å². The fourth-order valence-corrected chi connectivity index (χ4v) is 5.41. The van der Waals surface area contributed by atoms with Crippen LogP contribution in [0.4, 0.5) is 0 Å². The number of amides is 3. The SMILES string of the molecule is COc1ccc2cc1-c1cccc(c1)OCC(=O)NCc1ccc(cc1)O[C@@H]1CCN(C(=O)c3cccnc3)C[C@H]1NC2=O. The van der Waals surface area contributed by atoms with Gasteiger partial charge in [0.2, 0.25) is 0 Å². The van der Waals surface area contributed by atoms with Crippen LogP contribution < -0.4 is 24.8 Å². The summed E-state index contributed by atoms with van der Waals surface area (Å²) in [5, 5.41) is 6.02. The van der Waals surface area contributed by atoms with E-state index < -0.39 is 6.04 Å². The van der Waals surface area contributed by atoms with E-state index in [4.69, 9.17) is 14.2 Å². The Balaban J connectivity index is 1.34. The van der Waals surface area contributed by atoms with E-state index in [1.54, 1.807) is 66.9 Å². The first-order chi connectivity index (χ1) is 21.5. The Morgan fingerprint density at radius 2 is 1.84 bits per heavy atom. The highest BCUT2D eigenvalue weighted by atomic mass is 16.5. The molecule has 3 aliphatic rings. The summed E-state index contributed by atoms with van der Waals surface area (Å²) in [6.07, 6.45) is 3.28. The average Bonchev–Trinajstić information content (AvgIpc) is 3.07. The number of carbonyl (C=O) groups is 3. The lowest BCUT2D eigenvalue weighted by atomic mass is 9.98. The molecular formula is C34H32N4O6. The summed E-state index contributed by atoms with van der Waals surface area (Å²) < 4.78 is 17.8. The van der Waals surface area contributed by atoms with Gasteiger partial charge in [0.15, 0.2) is 6.61 Å². The van der Waals surface area contributed by atoms with Crippen LogP contribution >= 0.6 is 0 Å². The number of methoxy groups -OCH3 is 1. The molecule has 3 aromatic carbocycles. The van der Waals surface area contributed by atoms with Gasteiger partial charge < -0.3 is 29.7 Å². The Morgan fingerprint density at radius 1 is 0.977 bits per heavy atom. The molecule has 3 aliphatic heterocycles. The maximum atomic E-state index is 13.7. The lowest BCUT2D eigenvalue weighted by molar-refractivity contribution is -0.123. The number of benzene rings is 3. The first-order valence-electron chi connectivity index (χ1n) is 14.4. The highest BCUT2D eigenvalue weighted by Gasteiger charge is 2.35. The van der Waals surface area contributed by atoms with E-state index in [2.05, 4.69) is 15.6 Å². The molecule has 0 saturated carbocycles. The van der Waals surface area contributed by atoms with Gasteiger partial charge in [-0.1, -0.05) is 24.3 Å². The number of aromatic nitrogens is 1. The topological polar surface area (TPSA) is 119 Å². The molecule has 10 nitrogen and oxygen atoms in total. The monoisotopic (exact) mass is 592 g/mol. The van der Waals surface area contributed by atoms with Crippen molar-refractivity contribution in [1.29, 1.82) is 0 Å². The Bertz CT molecular complexity index is 1660. The van der Waals surface area contributed by atoms with E-state index in [1.165, 1.54) is 0 Å². The van der Waals surface area contributed by atoms with Crippen LogP contribution in [0.3, 0.4) is 0 Å². The molecule has 4 heterocycles. The molecule has 0 radical (unpaired) electrons. The summed E-state index contributed by atoms with van der Waals surface area (Å²) in [6, 6.07) is 22.9. The minimum absolute atomic E-state index is 0.145. The maximum Gasteiger partial charge on any atom is 0.258 e. The molecule has 10 heteroatoms. The predicted molar refractivity (Wildman–Crippen MR) is 163 cm³/mol. The van der Waals surface area contributed by atoms with E-state index in [0.29, 0.717) is 53.4 Å². The van der Waals surface area contributed by atoms with Crippen molar-refractivity contribution in [3.05, 3.63) is 108 Å². The molecule has 2 atom stereocenters. The second-order valence-corrected chi connectivity index (χ2v) is 10.7. The average molecular weight is 593 g/mol. The van der Waals surface area contributed by atoms with Crippen LogP contribution in [0.5, 0.6) is 17.2 Å². The Hall–Kier alpha value is -5.38. The highest BCUT2D eigenvalue weighted by molar-refractivity contribution is 5.97. The summed E-state index contributed by atoms with van der Waals surface area (Å²) in [7, 11) is 1.57. The van der Waals surface area contributed by atoms with Crippen molar-refractivity contribution in [2.45, 2.75) is 25.1 Å². The molecule has 1 aromatic heterocycles. The zero-order valence-electron chi connectivity index (χ0n) is 24.2. The number of ether oxygens (including phenoxy) is 3. The largest absolute Gasteiger partial charge is 0.496 e. The van der Waals surface area contributed by atoms with Crippen LogP contribution in [-0.2, 0) is 11.3 Å². The zero-order chi connectivity index (χ0) is 30.5. The van der Waals surface area contributed by atoms with Crippen LogP contribution in [0.25, 0.3) is 11.1 Å². The number of fused-ring (bicyclic) bond motifs is 7. The third-order valence-corrected chi connectivity index (χ3v) is 7.74. The molecular weight excluding hydrogens is 560 g/mol. The second-order valence-electron chi connectivity index (χ2n) is 10.7. The predicted octanol–water partition coefficient (Wildman–Crippen LogP) is 3.86. The van der Waals surface area contributed by atoms with Gasteiger partial charge in [-0.25, -0.2) is 0 Å². The van der Waals surface area contributed by atoms with Gasteiger partial charge in [-0.3, -0.25) is 19.4 Å². The fourth-order valence-electron chi connectivity index (χ4n) is 5.41. The number of rotatable bonds is 2. The molecule has 7 rings (SSSR count). The number of hydrogen-bond donors (Lipinski definition) is 2. The normalized spacial score (nSPS) is 18.5.